The Hall–Kier alpha value is -0.250. The minimum Gasteiger partial charge on any atom is -0.351 e. The average molecular weight is 280 g/mol. The van der Waals surface area contributed by atoms with Crippen LogP contribution in [0.15, 0.2) is 11.4 Å². The predicted molar refractivity (Wildman–Crippen MR) is 70.8 cm³/mol. The van der Waals surface area contributed by atoms with Crippen LogP contribution in [0.3, 0.4) is 0 Å². The second-order valence-electron chi connectivity index (χ2n) is 4.38. The van der Waals surface area contributed by atoms with Crippen molar-refractivity contribution in [3.05, 3.63) is 21.3 Å². The van der Waals surface area contributed by atoms with Crippen molar-refractivity contribution in [2.24, 2.45) is 5.41 Å². The lowest BCUT2D eigenvalue weighted by molar-refractivity contribution is 0.0940. The van der Waals surface area contributed by atoms with Crippen LogP contribution in [0.5, 0.6) is 0 Å². The molecule has 0 spiro atoms. The van der Waals surface area contributed by atoms with Crippen molar-refractivity contribution in [1.29, 1.82) is 0 Å². The Balaban J connectivity index is 2.51. The summed E-state index contributed by atoms with van der Waals surface area (Å²) in [7, 11) is 0. The summed E-state index contributed by atoms with van der Waals surface area (Å²) in [6.45, 7) is 4.75. The summed E-state index contributed by atoms with van der Waals surface area (Å²) < 4.78 is 0. The Morgan fingerprint density at radius 1 is 1.56 bits per heavy atom. The fourth-order valence-electron chi connectivity index (χ4n) is 1.20. The number of nitrogens with one attached hydrogen (secondary N) is 1. The van der Waals surface area contributed by atoms with Gasteiger partial charge in [-0.3, -0.25) is 4.79 Å². The first kappa shape index (κ1) is 13.8. The van der Waals surface area contributed by atoms with E-state index in [1.807, 2.05) is 0 Å². The Kier molecular flexibility index (Phi) is 5.09. The standard InChI is InChI=1S/C11H15Cl2NOS/c1-11(2,4-5-12)7-14-10(15)9-8(13)3-6-16-9/h3,6H,4-5,7H2,1-2H3,(H,14,15). The van der Waals surface area contributed by atoms with Crippen LogP contribution in [0.1, 0.15) is 29.9 Å². The maximum atomic E-state index is 11.8. The summed E-state index contributed by atoms with van der Waals surface area (Å²) in [6, 6.07) is 1.73. The summed E-state index contributed by atoms with van der Waals surface area (Å²) in [5, 5.41) is 5.20. The lowest BCUT2D eigenvalue weighted by Gasteiger charge is -2.23. The maximum absolute atomic E-state index is 11.8. The molecular weight excluding hydrogens is 265 g/mol. The van der Waals surface area contributed by atoms with Gasteiger partial charge in [0.05, 0.1) is 5.02 Å². The quantitative estimate of drug-likeness (QED) is 0.817. The largest absolute Gasteiger partial charge is 0.351 e. The molecule has 90 valence electrons. The third-order valence-corrected chi connectivity index (χ3v) is 3.85. The van der Waals surface area contributed by atoms with E-state index in [4.69, 9.17) is 23.2 Å². The molecular formula is C11H15Cl2NOS. The highest BCUT2D eigenvalue weighted by Crippen LogP contribution is 2.23. The number of alkyl halides is 1. The summed E-state index contributed by atoms with van der Waals surface area (Å²) >= 11 is 12.9. The SMILES string of the molecule is CC(C)(CCCl)CNC(=O)c1sccc1Cl. The van der Waals surface area contributed by atoms with Gasteiger partial charge in [0.1, 0.15) is 4.88 Å². The number of carbonyl (C=O) groups is 1. The third-order valence-electron chi connectivity index (χ3n) is 2.32. The Labute approximate surface area is 110 Å². The lowest BCUT2D eigenvalue weighted by atomic mass is 9.90. The number of halogens is 2. The highest BCUT2D eigenvalue weighted by molar-refractivity contribution is 7.12. The molecule has 0 atom stereocenters. The second kappa shape index (κ2) is 5.89. The molecule has 1 aromatic rings. The van der Waals surface area contributed by atoms with Gasteiger partial charge in [0.2, 0.25) is 0 Å². The van der Waals surface area contributed by atoms with E-state index in [0.29, 0.717) is 22.3 Å². The van der Waals surface area contributed by atoms with E-state index in [-0.39, 0.29) is 11.3 Å². The predicted octanol–water partition coefficient (Wildman–Crippen LogP) is 3.79. The molecule has 0 unspecified atom stereocenters. The number of hydrogen-bond donors (Lipinski definition) is 1. The summed E-state index contributed by atoms with van der Waals surface area (Å²) in [6.07, 6.45) is 0.868. The molecule has 0 aromatic carbocycles. The molecule has 0 bridgehead atoms. The maximum Gasteiger partial charge on any atom is 0.262 e. The zero-order valence-corrected chi connectivity index (χ0v) is 11.7. The van der Waals surface area contributed by atoms with Crippen LogP contribution in [0, 0.1) is 5.41 Å². The van der Waals surface area contributed by atoms with Crippen molar-refractivity contribution in [2.45, 2.75) is 20.3 Å². The third kappa shape index (κ3) is 3.96. The first-order valence-electron chi connectivity index (χ1n) is 5.03. The van der Waals surface area contributed by atoms with Crippen LogP contribution in [-0.2, 0) is 0 Å². The molecule has 0 aliphatic rings. The van der Waals surface area contributed by atoms with E-state index in [0.717, 1.165) is 6.42 Å². The van der Waals surface area contributed by atoms with Gasteiger partial charge in [0, 0.05) is 12.4 Å². The number of amides is 1. The molecule has 1 aromatic heterocycles. The van der Waals surface area contributed by atoms with Crippen molar-refractivity contribution < 1.29 is 4.79 Å². The lowest BCUT2D eigenvalue weighted by Crippen LogP contribution is -2.34. The van der Waals surface area contributed by atoms with Crippen LogP contribution in [0.2, 0.25) is 5.02 Å². The van der Waals surface area contributed by atoms with Crippen molar-refractivity contribution in [2.75, 3.05) is 12.4 Å². The second-order valence-corrected chi connectivity index (χ2v) is 6.08. The Morgan fingerprint density at radius 2 is 2.25 bits per heavy atom. The van der Waals surface area contributed by atoms with Gasteiger partial charge in [-0.2, -0.15) is 0 Å². The molecule has 0 aliphatic carbocycles. The average Bonchev–Trinajstić information content (AvgIpc) is 2.61. The van der Waals surface area contributed by atoms with Crippen molar-refractivity contribution in [3.63, 3.8) is 0 Å². The highest BCUT2D eigenvalue weighted by atomic mass is 35.5. The molecule has 0 radical (unpaired) electrons. The number of thiophene rings is 1. The van der Waals surface area contributed by atoms with Crippen LogP contribution < -0.4 is 5.32 Å². The molecule has 5 heteroatoms. The first-order valence-corrected chi connectivity index (χ1v) is 6.83. The van der Waals surface area contributed by atoms with Gasteiger partial charge < -0.3 is 5.32 Å². The zero-order chi connectivity index (χ0) is 12.2. The van der Waals surface area contributed by atoms with Gasteiger partial charge in [-0.1, -0.05) is 25.4 Å². The molecule has 0 saturated carbocycles. The molecule has 1 rings (SSSR count). The van der Waals surface area contributed by atoms with Crippen LogP contribution >= 0.6 is 34.5 Å². The summed E-state index contributed by atoms with van der Waals surface area (Å²) in [4.78, 5) is 12.3. The zero-order valence-electron chi connectivity index (χ0n) is 9.35. The number of hydrogen-bond acceptors (Lipinski definition) is 2. The molecule has 0 fully saturated rings. The first-order chi connectivity index (χ1) is 7.46. The minimum absolute atomic E-state index is 0.0150. The topological polar surface area (TPSA) is 29.1 Å². The van der Waals surface area contributed by atoms with Crippen LogP contribution in [-0.4, -0.2) is 18.3 Å². The smallest absolute Gasteiger partial charge is 0.262 e. The van der Waals surface area contributed by atoms with Gasteiger partial charge >= 0.3 is 0 Å². The molecule has 16 heavy (non-hydrogen) atoms. The molecule has 1 amide bonds. The molecule has 1 heterocycles. The molecule has 2 nitrogen and oxygen atoms in total. The van der Waals surface area contributed by atoms with Crippen LogP contribution in [0.4, 0.5) is 0 Å². The minimum atomic E-state index is -0.109. The molecule has 0 aliphatic heterocycles. The normalized spacial score (nSPS) is 11.5. The van der Waals surface area contributed by atoms with E-state index in [2.05, 4.69) is 19.2 Å². The van der Waals surface area contributed by atoms with Gasteiger partial charge in [0.25, 0.3) is 5.91 Å². The van der Waals surface area contributed by atoms with E-state index in [9.17, 15) is 4.79 Å². The van der Waals surface area contributed by atoms with Crippen molar-refractivity contribution in [1.82, 2.24) is 5.32 Å². The van der Waals surface area contributed by atoms with E-state index in [1.165, 1.54) is 11.3 Å². The summed E-state index contributed by atoms with van der Waals surface area (Å²) in [5.41, 5.74) is 0.0150. The fraction of sp³-hybridized carbons (Fsp3) is 0.545. The van der Waals surface area contributed by atoms with Gasteiger partial charge in [-0.05, 0) is 23.3 Å². The number of rotatable bonds is 5. The fourth-order valence-corrected chi connectivity index (χ4v) is 2.77. The highest BCUT2D eigenvalue weighted by Gasteiger charge is 2.19. The molecule has 1 N–H and O–H groups in total. The van der Waals surface area contributed by atoms with Gasteiger partial charge in [0.15, 0.2) is 0 Å². The Bertz CT molecular complexity index is 363. The van der Waals surface area contributed by atoms with Gasteiger partial charge in [-0.15, -0.1) is 22.9 Å². The monoisotopic (exact) mass is 279 g/mol. The van der Waals surface area contributed by atoms with Crippen molar-refractivity contribution >= 4 is 40.4 Å². The van der Waals surface area contributed by atoms with E-state index < -0.39 is 0 Å². The van der Waals surface area contributed by atoms with Crippen LogP contribution in [0.25, 0.3) is 0 Å². The molecule has 0 saturated heterocycles. The van der Waals surface area contributed by atoms with E-state index in [1.54, 1.807) is 11.4 Å². The Morgan fingerprint density at radius 3 is 2.75 bits per heavy atom. The van der Waals surface area contributed by atoms with Crippen molar-refractivity contribution in [3.8, 4) is 0 Å². The van der Waals surface area contributed by atoms with E-state index >= 15 is 0 Å². The van der Waals surface area contributed by atoms with Gasteiger partial charge in [-0.25, -0.2) is 0 Å². The summed E-state index contributed by atoms with van der Waals surface area (Å²) in [5.74, 6) is 0.491. The number of carbonyl (C=O) groups excluding carboxylic acids is 1.